The molecule has 1 aliphatic heterocycles. The quantitative estimate of drug-likeness (QED) is 0.669. The molecule has 2 aromatic carbocycles. The van der Waals surface area contributed by atoms with Gasteiger partial charge in [-0.15, -0.1) is 0 Å². The van der Waals surface area contributed by atoms with Crippen LogP contribution in [0.25, 0.3) is 0 Å². The Morgan fingerprint density at radius 2 is 1.85 bits per heavy atom. The van der Waals surface area contributed by atoms with Crippen LogP contribution in [0, 0.1) is 0 Å². The molecule has 0 saturated carbocycles. The summed E-state index contributed by atoms with van der Waals surface area (Å²) in [6.45, 7) is 3.01. The zero-order valence-corrected chi connectivity index (χ0v) is 15.2. The van der Waals surface area contributed by atoms with Crippen LogP contribution in [0.4, 0.5) is 11.4 Å². The predicted molar refractivity (Wildman–Crippen MR) is 107 cm³/mol. The van der Waals surface area contributed by atoms with Gasteiger partial charge in [-0.05, 0) is 61.7 Å². The molecule has 0 aliphatic carbocycles. The third kappa shape index (κ3) is 4.99. The van der Waals surface area contributed by atoms with Gasteiger partial charge in [0.2, 0.25) is 5.91 Å². The number of nitrogens with two attached hydrogens (primary N) is 2. The number of nitrogen functional groups attached to an aromatic ring is 2. The number of hydrogen-bond donors (Lipinski definition) is 3. The molecular formula is C21H28N4O. The van der Waals surface area contributed by atoms with Crippen LogP contribution in [0.1, 0.15) is 36.4 Å². The molecule has 1 amide bonds. The smallest absolute Gasteiger partial charge is 0.220 e. The van der Waals surface area contributed by atoms with Crippen LogP contribution in [0.5, 0.6) is 0 Å². The summed E-state index contributed by atoms with van der Waals surface area (Å²) >= 11 is 0. The number of amides is 1. The molecule has 1 atom stereocenters. The minimum atomic E-state index is -0.0442. The molecule has 26 heavy (non-hydrogen) atoms. The lowest BCUT2D eigenvalue weighted by Crippen LogP contribution is -2.37. The van der Waals surface area contributed by atoms with E-state index >= 15 is 0 Å². The molecule has 3 rings (SSSR count). The number of carbonyl (C=O) groups is 1. The first-order valence-electron chi connectivity index (χ1n) is 9.32. The number of hydrogen-bond acceptors (Lipinski definition) is 4. The standard InChI is InChI=1S/C21H28N4O/c22-18-8-5-7-17(14-18)20(15-25-12-3-4-13-25)24-21(26)11-10-16-6-1-2-9-19(16)23/h1-2,5-9,14,20H,3-4,10-13,15,22-23H2,(H,24,26). The maximum Gasteiger partial charge on any atom is 0.220 e. The molecule has 138 valence electrons. The molecule has 5 nitrogen and oxygen atoms in total. The Balaban J connectivity index is 1.64. The van der Waals surface area contributed by atoms with E-state index in [1.54, 1.807) is 0 Å². The number of likely N-dealkylation sites (tertiary alicyclic amines) is 1. The molecule has 1 heterocycles. The second-order valence-corrected chi connectivity index (χ2v) is 7.00. The van der Waals surface area contributed by atoms with Crippen molar-refractivity contribution in [1.29, 1.82) is 0 Å². The Morgan fingerprint density at radius 1 is 1.08 bits per heavy atom. The van der Waals surface area contributed by atoms with Crippen molar-refractivity contribution in [2.75, 3.05) is 31.1 Å². The van der Waals surface area contributed by atoms with Crippen LogP contribution in [0.3, 0.4) is 0 Å². The molecule has 1 saturated heterocycles. The minimum Gasteiger partial charge on any atom is -0.399 e. The van der Waals surface area contributed by atoms with Gasteiger partial charge < -0.3 is 21.7 Å². The van der Waals surface area contributed by atoms with Gasteiger partial charge >= 0.3 is 0 Å². The van der Waals surface area contributed by atoms with Crippen LogP contribution in [0.2, 0.25) is 0 Å². The highest BCUT2D eigenvalue weighted by atomic mass is 16.1. The maximum absolute atomic E-state index is 12.6. The number of anilines is 2. The van der Waals surface area contributed by atoms with Crippen molar-refractivity contribution in [3.05, 3.63) is 59.7 Å². The average molecular weight is 352 g/mol. The molecule has 0 spiro atoms. The van der Waals surface area contributed by atoms with Crippen molar-refractivity contribution >= 4 is 17.3 Å². The Bertz CT molecular complexity index is 740. The number of benzene rings is 2. The van der Waals surface area contributed by atoms with Crippen molar-refractivity contribution in [2.24, 2.45) is 0 Å². The van der Waals surface area contributed by atoms with Crippen molar-refractivity contribution in [2.45, 2.75) is 31.7 Å². The molecule has 1 aliphatic rings. The monoisotopic (exact) mass is 352 g/mol. The van der Waals surface area contributed by atoms with Gasteiger partial charge in [0.05, 0.1) is 6.04 Å². The first-order valence-corrected chi connectivity index (χ1v) is 9.32. The van der Waals surface area contributed by atoms with Gasteiger partial charge in [0.1, 0.15) is 0 Å². The van der Waals surface area contributed by atoms with Gasteiger partial charge in [-0.3, -0.25) is 4.79 Å². The number of rotatable bonds is 7. The molecular weight excluding hydrogens is 324 g/mol. The van der Waals surface area contributed by atoms with Crippen LogP contribution in [0.15, 0.2) is 48.5 Å². The lowest BCUT2D eigenvalue weighted by molar-refractivity contribution is -0.121. The van der Waals surface area contributed by atoms with E-state index in [1.165, 1.54) is 12.8 Å². The van der Waals surface area contributed by atoms with Crippen LogP contribution in [-0.4, -0.2) is 30.4 Å². The maximum atomic E-state index is 12.6. The van der Waals surface area contributed by atoms with Gasteiger partial charge in [-0.25, -0.2) is 0 Å². The second kappa shape index (κ2) is 8.72. The highest BCUT2D eigenvalue weighted by molar-refractivity contribution is 5.77. The lowest BCUT2D eigenvalue weighted by Gasteiger charge is -2.25. The number of para-hydroxylation sites is 1. The van der Waals surface area contributed by atoms with E-state index in [-0.39, 0.29) is 11.9 Å². The molecule has 0 aromatic heterocycles. The number of carbonyl (C=O) groups excluding carboxylic acids is 1. The molecule has 5 N–H and O–H groups in total. The normalized spacial score (nSPS) is 15.7. The summed E-state index contributed by atoms with van der Waals surface area (Å²) in [6.07, 6.45) is 3.52. The molecule has 0 bridgehead atoms. The van der Waals surface area contributed by atoms with Crippen molar-refractivity contribution in [1.82, 2.24) is 10.2 Å². The fourth-order valence-corrected chi connectivity index (χ4v) is 3.51. The Kier molecular flexibility index (Phi) is 6.12. The topological polar surface area (TPSA) is 84.4 Å². The molecule has 2 aromatic rings. The first-order chi connectivity index (χ1) is 12.6. The van der Waals surface area contributed by atoms with E-state index in [1.807, 2.05) is 48.5 Å². The second-order valence-electron chi connectivity index (χ2n) is 7.00. The van der Waals surface area contributed by atoms with Gasteiger partial charge in [-0.1, -0.05) is 30.3 Å². The fraction of sp³-hybridized carbons (Fsp3) is 0.381. The number of nitrogens with zero attached hydrogens (tertiary/aromatic N) is 1. The third-order valence-corrected chi connectivity index (χ3v) is 4.96. The van der Waals surface area contributed by atoms with Gasteiger partial charge in [0.15, 0.2) is 0 Å². The highest BCUT2D eigenvalue weighted by Crippen LogP contribution is 2.20. The number of aryl methyl sites for hydroxylation is 1. The van der Waals surface area contributed by atoms with E-state index in [0.717, 1.165) is 42.1 Å². The molecule has 1 unspecified atom stereocenters. The lowest BCUT2D eigenvalue weighted by atomic mass is 10.0. The Labute approximate surface area is 155 Å². The van der Waals surface area contributed by atoms with E-state index in [4.69, 9.17) is 11.5 Å². The first kappa shape index (κ1) is 18.3. The minimum absolute atomic E-state index is 0.0416. The molecule has 5 heteroatoms. The number of nitrogens with one attached hydrogen (secondary N) is 1. The van der Waals surface area contributed by atoms with Gasteiger partial charge in [0, 0.05) is 24.3 Å². The fourth-order valence-electron chi connectivity index (χ4n) is 3.51. The highest BCUT2D eigenvalue weighted by Gasteiger charge is 2.21. The summed E-state index contributed by atoms with van der Waals surface area (Å²) in [5.41, 5.74) is 15.5. The summed E-state index contributed by atoms with van der Waals surface area (Å²) in [6, 6.07) is 15.5. The summed E-state index contributed by atoms with van der Waals surface area (Å²) in [7, 11) is 0. The zero-order chi connectivity index (χ0) is 18.4. The third-order valence-electron chi connectivity index (χ3n) is 4.96. The van der Waals surface area contributed by atoms with E-state index < -0.39 is 0 Å². The van der Waals surface area contributed by atoms with Crippen LogP contribution >= 0.6 is 0 Å². The van der Waals surface area contributed by atoms with Crippen LogP contribution in [-0.2, 0) is 11.2 Å². The molecule has 0 radical (unpaired) electrons. The summed E-state index contributed by atoms with van der Waals surface area (Å²) in [5.74, 6) is 0.0416. The average Bonchev–Trinajstić information content (AvgIpc) is 3.14. The summed E-state index contributed by atoms with van der Waals surface area (Å²) in [4.78, 5) is 15.0. The van der Waals surface area contributed by atoms with E-state index in [0.29, 0.717) is 12.8 Å². The zero-order valence-electron chi connectivity index (χ0n) is 15.2. The predicted octanol–water partition coefficient (Wildman–Crippen LogP) is 2.74. The van der Waals surface area contributed by atoms with Gasteiger partial charge in [0.25, 0.3) is 0 Å². The summed E-state index contributed by atoms with van der Waals surface area (Å²) in [5, 5.41) is 3.20. The van der Waals surface area contributed by atoms with Crippen molar-refractivity contribution in [3.8, 4) is 0 Å². The Morgan fingerprint density at radius 3 is 2.58 bits per heavy atom. The van der Waals surface area contributed by atoms with Crippen molar-refractivity contribution in [3.63, 3.8) is 0 Å². The van der Waals surface area contributed by atoms with E-state index in [9.17, 15) is 4.79 Å². The van der Waals surface area contributed by atoms with Crippen LogP contribution < -0.4 is 16.8 Å². The SMILES string of the molecule is Nc1cccc(C(CN2CCCC2)NC(=O)CCc2ccccc2N)c1. The van der Waals surface area contributed by atoms with E-state index in [2.05, 4.69) is 10.2 Å². The van der Waals surface area contributed by atoms with Gasteiger partial charge in [-0.2, -0.15) is 0 Å². The Hall–Kier alpha value is -2.53. The van der Waals surface area contributed by atoms with Crippen molar-refractivity contribution < 1.29 is 4.79 Å². The summed E-state index contributed by atoms with van der Waals surface area (Å²) < 4.78 is 0. The largest absolute Gasteiger partial charge is 0.399 e. The molecule has 1 fully saturated rings.